The third kappa shape index (κ3) is 2.97. The van der Waals surface area contributed by atoms with Crippen molar-refractivity contribution < 1.29 is 0 Å². The van der Waals surface area contributed by atoms with Gasteiger partial charge in [-0.05, 0) is 31.2 Å². The summed E-state index contributed by atoms with van der Waals surface area (Å²) >= 11 is 1.67. The summed E-state index contributed by atoms with van der Waals surface area (Å²) in [7, 11) is 2.11. The topological polar surface area (TPSA) is 41.1 Å². The first-order valence-corrected chi connectivity index (χ1v) is 7.77. The van der Waals surface area contributed by atoms with Gasteiger partial charge in [0.15, 0.2) is 0 Å². The molecule has 1 atom stereocenters. The van der Waals surface area contributed by atoms with Crippen molar-refractivity contribution in [3.63, 3.8) is 0 Å². The van der Waals surface area contributed by atoms with E-state index in [-0.39, 0.29) is 0 Å². The molecule has 0 amide bonds. The average Bonchev–Trinajstić information content (AvgIpc) is 2.90. The highest BCUT2D eigenvalue weighted by Gasteiger charge is 2.15. The third-order valence-corrected chi connectivity index (χ3v) is 4.23. The Kier molecular flexibility index (Phi) is 4.58. The lowest BCUT2D eigenvalue weighted by Crippen LogP contribution is -2.29. The van der Waals surface area contributed by atoms with Crippen LogP contribution in [0.5, 0.6) is 0 Å². The molecule has 2 rings (SSSR count). The summed E-state index contributed by atoms with van der Waals surface area (Å²) in [6, 6.07) is 2.58. The zero-order valence-corrected chi connectivity index (χ0v) is 12.9. The minimum Gasteiger partial charge on any atom is -0.356 e. The van der Waals surface area contributed by atoms with Crippen LogP contribution in [0.15, 0.2) is 11.4 Å². The Morgan fingerprint density at radius 2 is 2.16 bits per heavy atom. The van der Waals surface area contributed by atoms with Crippen LogP contribution in [0.1, 0.15) is 33.6 Å². The van der Waals surface area contributed by atoms with Gasteiger partial charge in [0.1, 0.15) is 10.6 Å². The number of nitrogens with zero attached hydrogens (tertiary/aromatic N) is 3. The molecule has 0 radical (unpaired) electrons. The zero-order valence-electron chi connectivity index (χ0n) is 12.1. The molecule has 0 fully saturated rings. The zero-order chi connectivity index (χ0) is 13.8. The maximum absolute atomic E-state index is 4.69. The number of aromatic nitrogens is 2. The van der Waals surface area contributed by atoms with Crippen LogP contribution in [0.2, 0.25) is 0 Å². The quantitative estimate of drug-likeness (QED) is 0.873. The second-order valence-electron chi connectivity index (χ2n) is 4.81. The van der Waals surface area contributed by atoms with E-state index in [4.69, 9.17) is 0 Å². The van der Waals surface area contributed by atoms with Crippen molar-refractivity contribution in [2.24, 2.45) is 0 Å². The molecule has 1 unspecified atom stereocenters. The Balaban J connectivity index is 2.41. The first-order valence-electron chi connectivity index (χ1n) is 6.89. The molecule has 2 aromatic rings. The van der Waals surface area contributed by atoms with E-state index in [0.717, 1.165) is 41.4 Å². The molecule has 19 heavy (non-hydrogen) atoms. The summed E-state index contributed by atoms with van der Waals surface area (Å²) in [4.78, 5) is 12.6. The van der Waals surface area contributed by atoms with Crippen molar-refractivity contribution in [2.75, 3.05) is 23.8 Å². The van der Waals surface area contributed by atoms with E-state index in [1.54, 1.807) is 11.3 Å². The lowest BCUT2D eigenvalue weighted by Gasteiger charge is -2.25. The molecule has 104 valence electrons. The van der Waals surface area contributed by atoms with Gasteiger partial charge in [0.25, 0.3) is 0 Å². The van der Waals surface area contributed by atoms with Gasteiger partial charge in [0.2, 0.25) is 5.95 Å². The molecule has 2 aromatic heterocycles. The molecule has 2 heterocycles. The van der Waals surface area contributed by atoms with Gasteiger partial charge in [-0.15, -0.1) is 11.3 Å². The lowest BCUT2D eigenvalue weighted by molar-refractivity contribution is 0.659. The highest BCUT2D eigenvalue weighted by molar-refractivity contribution is 7.16. The molecule has 0 saturated carbocycles. The van der Waals surface area contributed by atoms with E-state index in [1.165, 1.54) is 0 Å². The van der Waals surface area contributed by atoms with E-state index >= 15 is 0 Å². The fourth-order valence-corrected chi connectivity index (χ4v) is 2.67. The summed E-state index contributed by atoms with van der Waals surface area (Å²) in [6.07, 6.45) is 2.17. The van der Waals surface area contributed by atoms with Gasteiger partial charge in [-0.1, -0.05) is 13.8 Å². The molecule has 0 aromatic carbocycles. The molecule has 0 aliphatic carbocycles. The number of hydrogen-bond acceptors (Lipinski definition) is 5. The highest BCUT2D eigenvalue weighted by atomic mass is 32.1. The predicted octanol–water partition coefficient (Wildman–Crippen LogP) is 3.75. The second kappa shape index (κ2) is 6.19. The lowest BCUT2D eigenvalue weighted by atomic mass is 10.2. The molecular formula is C14H22N4S. The minimum absolute atomic E-state index is 0.469. The third-order valence-electron chi connectivity index (χ3n) is 3.42. The minimum atomic E-state index is 0.469. The summed E-state index contributed by atoms with van der Waals surface area (Å²) < 4.78 is 0. The van der Waals surface area contributed by atoms with Crippen LogP contribution >= 0.6 is 11.3 Å². The number of thiophene rings is 1. The molecule has 0 aliphatic rings. The van der Waals surface area contributed by atoms with Crippen molar-refractivity contribution in [1.82, 2.24) is 9.97 Å². The molecule has 0 aliphatic heterocycles. The maximum Gasteiger partial charge on any atom is 0.226 e. The number of fused-ring (bicyclic) bond motifs is 1. The average molecular weight is 278 g/mol. The number of nitrogens with one attached hydrogen (secondary N) is 1. The van der Waals surface area contributed by atoms with Gasteiger partial charge < -0.3 is 10.2 Å². The smallest absolute Gasteiger partial charge is 0.226 e. The van der Waals surface area contributed by atoms with Gasteiger partial charge in [-0.3, -0.25) is 0 Å². The molecule has 0 spiro atoms. The Labute approximate surface area is 118 Å². The molecule has 0 saturated heterocycles. The first kappa shape index (κ1) is 14.1. The van der Waals surface area contributed by atoms with Gasteiger partial charge in [0, 0.05) is 19.6 Å². The Hall–Kier alpha value is -1.36. The molecule has 0 bridgehead atoms. The highest BCUT2D eigenvalue weighted by Crippen LogP contribution is 2.29. The van der Waals surface area contributed by atoms with Gasteiger partial charge in [0.05, 0.1) is 5.39 Å². The van der Waals surface area contributed by atoms with E-state index in [1.807, 2.05) is 0 Å². The standard InChI is InChI=1S/C14H22N4S/c1-5-8-15-14-16-12(18(4)10(3)6-2)11-7-9-19-13(11)17-14/h7,9-10H,5-6,8H2,1-4H3,(H,15,16,17). The van der Waals surface area contributed by atoms with Crippen LogP contribution in [0.25, 0.3) is 10.2 Å². The van der Waals surface area contributed by atoms with Crippen molar-refractivity contribution in [1.29, 1.82) is 0 Å². The molecule has 5 heteroatoms. The van der Waals surface area contributed by atoms with Crippen molar-refractivity contribution in [2.45, 2.75) is 39.7 Å². The largest absolute Gasteiger partial charge is 0.356 e. The number of hydrogen-bond donors (Lipinski definition) is 1. The maximum atomic E-state index is 4.69. The SMILES string of the molecule is CCCNc1nc(N(C)C(C)CC)c2ccsc2n1. The van der Waals surface area contributed by atoms with Gasteiger partial charge in [-0.2, -0.15) is 4.98 Å². The molecule has 1 N–H and O–H groups in total. The van der Waals surface area contributed by atoms with Crippen LogP contribution in [-0.4, -0.2) is 29.6 Å². The Morgan fingerprint density at radius 3 is 2.84 bits per heavy atom. The normalized spacial score (nSPS) is 12.6. The van der Waals surface area contributed by atoms with Crippen LogP contribution < -0.4 is 10.2 Å². The van der Waals surface area contributed by atoms with E-state index in [2.05, 4.69) is 59.4 Å². The van der Waals surface area contributed by atoms with Crippen molar-refractivity contribution in [3.05, 3.63) is 11.4 Å². The monoisotopic (exact) mass is 278 g/mol. The fourth-order valence-electron chi connectivity index (χ4n) is 1.91. The predicted molar refractivity (Wildman–Crippen MR) is 84.4 cm³/mol. The fraction of sp³-hybridized carbons (Fsp3) is 0.571. The van der Waals surface area contributed by atoms with E-state index in [9.17, 15) is 0 Å². The van der Waals surface area contributed by atoms with Crippen LogP contribution in [0.4, 0.5) is 11.8 Å². The Morgan fingerprint density at radius 1 is 1.37 bits per heavy atom. The second-order valence-corrected chi connectivity index (χ2v) is 5.70. The number of rotatable bonds is 6. The van der Waals surface area contributed by atoms with Crippen LogP contribution in [0, 0.1) is 0 Å². The van der Waals surface area contributed by atoms with Crippen molar-refractivity contribution in [3.8, 4) is 0 Å². The van der Waals surface area contributed by atoms with Crippen LogP contribution in [-0.2, 0) is 0 Å². The van der Waals surface area contributed by atoms with Gasteiger partial charge >= 0.3 is 0 Å². The summed E-state index contributed by atoms with van der Waals surface area (Å²) in [5.41, 5.74) is 0. The molecular weight excluding hydrogens is 256 g/mol. The van der Waals surface area contributed by atoms with Crippen molar-refractivity contribution >= 4 is 33.3 Å². The van der Waals surface area contributed by atoms with E-state index < -0.39 is 0 Å². The first-order chi connectivity index (χ1) is 9.17. The summed E-state index contributed by atoms with van der Waals surface area (Å²) in [5.74, 6) is 1.76. The summed E-state index contributed by atoms with van der Waals surface area (Å²) in [5, 5.41) is 6.51. The summed E-state index contributed by atoms with van der Waals surface area (Å²) in [6.45, 7) is 7.47. The Bertz CT molecular complexity index is 537. The molecule has 4 nitrogen and oxygen atoms in total. The van der Waals surface area contributed by atoms with E-state index in [0.29, 0.717) is 6.04 Å². The van der Waals surface area contributed by atoms with Gasteiger partial charge in [-0.25, -0.2) is 4.98 Å². The number of anilines is 2. The van der Waals surface area contributed by atoms with Crippen LogP contribution in [0.3, 0.4) is 0 Å².